The number of carbonyl (C=O) groups is 3. The second-order valence-electron chi connectivity index (χ2n) is 6.77. The third-order valence-corrected chi connectivity index (χ3v) is 5.62. The third kappa shape index (κ3) is 4.28. The molecule has 1 fully saturated rings. The van der Waals surface area contributed by atoms with Crippen LogP contribution in [0.4, 0.5) is 9.18 Å². The van der Waals surface area contributed by atoms with Crippen molar-refractivity contribution in [2.24, 2.45) is 0 Å². The highest BCUT2D eigenvalue weighted by Gasteiger charge is 2.34. The molecule has 4 rings (SSSR count). The van der Waals surface area contributed by atoms with E-state index in [9.17, 15) is 18.8 Å². The van der Waals surface area contributed by atoms with Crippen LogP contribution in [0.3, 0.4) is 0 Å². The van der Waals surface area contributed by atoms with Gasteiger partial charge in [-0.3, -0.25) is 19.3 Å². The average molecular weight is 423 g/mol. The molecule has 0 bridgehead atoms. The first-order valence-corrected chi connectivity index (χ1v) is 10.2. The summed E-state index contributed by atoms with van der Waals surface area (Å²) in [6.45, 7) is 0.233. The van der Waals surface area contributed by atoms with Crippen LogP contribution >= 0.6 is 11.8 Å². The number of imide groups is 1. The first kappa shape index (κ1) is 19.9. The van der Waals surface area contributed by atoms with E-state index in [-0.39, 0.29) is 42.4 Å². The quantitative estimate of drug-likeness (QED) is 0.593. The Bertz CT molecular complexity index is 1160. The van der Waals surface area contributed by atoms with E-state index in [2.05, 4.69) is 10.3 Å². The van der Waals surface area contributed by atoms with E-state index in [1.807, 2.05) is 30.3 Å². The third-order valence-electron chi connectivity index (χ3n) is 4.71. The normalized spacial score (nSPS) is 15.4. The Morgan fingerprint density at radius 2 is 1.97 bits per heavy atom. The fraction of sp³-hybridized carbons (Fsp3) is 0.136. The van der Waals surface area contributed by atoms with E-state index in [0.29, 0.717) is 15.9 Å². The highest BCUT2D eigenvalue weighted by atomic mass is 32.2. The molecule has 1 aliphatic heterocycles. The maximum atomic E-state index is 13.5. The minimum atomic E-state index is -0.369. The summed E-state index contributed by atoms with van der Waals surface area (Å²) in [5.74, 6) is -1.01. The minimum absolute atomic E-state index is 0.0687. The summed E-state index contributed by atoms with van der Waals surface area (Å²) < 4.78 is 13.5. The van der Waals surface area contributed by atoms with Gasteiger partial charge in [-0.05, 0) is 47.2 Å². The molecule has 2 heterocycles. The lowest BCUT2D eigenvalue weighted by molar-refractivity contribution is -0.124. The van der Waals surface area contributed by atoms with Crippen molar-refractivity contribution in [3.63, 3.8) is 0 Å². The van der Waals surface area contributed by atoms with Gasteiger partial charge in [0.2, 0.25) is 5.91 Å². The molecule has 0 atom stereocenters. The van der Waals surface area contributed by atoms with Gasteiger partial charge in [0, 0.05) is 30.2 Å². The van der Waals surface area contributed by atoms with Gasteiger partial charge in [0.25, 0.3) is 11.1 Å². The number of halogens is 1. The molecule has 2 aromatic carbocycles. The van der Waals surface area contributed by atoms with Gasteiger partial charge in [0.1, 0.15) is 5.82 Å². The molecule has 3 aromatic rings. The number of fused-ring (bicyclic) bond motifs is 1. The Labute approximate surface area is 176 Å². The number of hydrogen-bond donors (Lipinski definition) is 2. The first-order valence-electron chi connectivity index (χ1n) is 9.34. The van der Waals surface area contributed by atoms with Crippen LogP contribution in [0.15, 0.2) is 59.6 Å². The van der Waals surface area contributed by atoms with Gasteiger partial charge in [-0.1, -0.05) is 30.3 Å². The zero-order valence-electron chi connectivity index (χ0n) is 15.9. The number of thioether (sulfide) groups is 1. The van der Waals surface area contributed by atoms with Crippen LogP contribution in [-0.2, 0) is 16.0 Å². The van der Waals surface area contributed by atoms with Gasteiger partial charge in [-0.2, -0.15) is 0 Å². The first-order chi connectivity index (χ1) is 14.5. The maximum absolute atomic E-state index is 13.5. The summed E-state index contributed by atoms with van der Waals surface area (Å²) in [6.07, 6.45) is 3.42. The second-order valence-corrected chi connectivity index (χ2v) is 7.77. The summed E-state index contributed by atoms with van der Waals surface area (Å²) in [5, 5.41) is 3.01. The number of aromatic nitrogens is 1. The zero-order chi connectivity index (χ0) is 21.1. The van der Waals surface area contributed by atoms with Crippen molar-refractivity contribution in [3.05, 3.63) is 76.6 Å². The van der Waals surface area contributed by atoms with Crippen molar-refractivity contribution in [1.82, 2.24) is 15.2 Å². The van der Waals surface area contributed by atoms with Crippen molar-refractivity contribution in [2.45, 2.75) is 6.42 Å². The van der Waals surface area contributed by atoms with E-state index in [1.54, 1.807) is 18.3 Å². The number of H-pyrrole nitrogens is 1. The fourth-order valence-electron chi connectivity index (χ4n) is 3.23. The van der Waals surface area contributed by atoms with Gasteiger partial charge in [-0.25, -0.2) is 4.39 Å². The fourth-order valence-corrected chi connectivity index (χ4v) is 4.10. The molecule has 1 aromatic heterocycles. The molecule has 0 unspecified atom stereocenters. The van der Waals surface area contributed by atoms with Crippen LogP contribution < -0.4 is 5.32 Å². The Morgan fingerprint density at radius 1 is 1.17 bits per heavy atom. The van der Waals surface area contributed by atoms with E-state index in [0.717, 1.165) is 27.7 Å². The Hall–Kier alpha value is -3.39. The van der Waals surface area contributed by atoms with Gasteiger partial charge in [-0.15, -0.1) is 0 Å². The SMILES string of the molecule is O=C(Cc1c[nH]c2ccc(F)cc12)NCCN1C(=O)S/C(=C/c2ccccc2)C1=O. The lowest BCUT2D eigenvalue weighted by Gasteiger charge is -2.13. The van der Waals surface area contributed by atoms with E-state index in [4.69, 9.17) is 0 Å². The molecule has 8 heteroatoms. The molecular formula is C22H18FN3O3S. The van der Waals surface area contributed by atoms with E-state index >= 15 is 0 Å². The lowest BCUT2D eigenvalue weighted by Crippen LogP contribution is -2.37. The summed E-state index contributed by atoms with van der Waals surface area (Å²) in [6, 6.07) is 13.6. The summed E-state index contributed by atoms with van der Waals surface area (Å²) >= 11 is 0.888. The maximum Gasteiger partial charge on any atom is 0.293 e. The topological polar surface area (TPSA) is 82.3 Å². The second kappa shape index (κ2) is 8.54. The highest BCUT2D eigenvalue weighted by Crippen LogP contribution is 2.31. The Balaban J connectivity index is 1.33. The lowest BCUT2D eigenvalue weighted by atomic mass is 10.1. The Kier molecular flexibility index (Phi) is 5.67. The van der Waals surface area contributed by atoms with Crippen LogP contribution in [0.5, 0.6) is 0 Å². The van der Waals surface area contributed by atoms with E-state index < -0.39 is 0 Å². The van der Waals surface area contributed by atoms with Crippen molar-refractivity contribution >= 4 is 45.8 Å². The predicted octanol–water partition coefficient (Wildman–Crippen LogP) is 3.70. The van der Waals surface area contributed by atoms with Crippen molar-refractivity contribution in [2.75, 3.05) is 13.1 Å². The number of nitrogens with zero attached hydrogens (tertiary/aromatic N) is 1. The molecule has 6 nitrogen and oxygen atoms in total. The van der Waals surface area contributed by atoms with Crippen molar-refractivity contribution < 1.29 is 18.8 Å². The number of rotatable bonds is 6. The number of hydrogen-bond acceptors (Lipinski definition) is 4. The zero-order valence-corrected chi connectivity index (χ0v) is 16.7. The molecule has 2 N–H and O–H groups in total. The van der Waals surface area contributed by atoms with Crippen LogP contribution in [-0.4, -0.2) is 40.0 Å². The van der Waals surface area contributed by atoms with Crippen LogP contribution in [0.25, 0.3) is 17.0 Å². The van der Waals surface area contributed by atoms with Gasteiger partial charge >= 0.3 is 0 Å². The molecule has 30 heavy (non-hydrogen) atoms. The molecule has 0 saturated carbocycles. The minimum Gasteiger partial charge on any atom is -0.361 e. The molecule has 0 radical (unpaired) electrons. The number of carbonyl (C=O) groups excluding carboxylic acids is 3. The monoisotopic (exact) mass is 423 g/mol. The molecule has 0 aliphatic carbocycles. The number of nitrogens with one attached hydrogen (secondary N) is 2. The number of aromatic amines is 1. The number of amides is 3. The summed E-state index contributed by atoms with van der Waals surface area (Å²) in [5.41, 5.74) is 2.27. The van der Waals surface area contributed by atoms with Gasteiger partial charge in [0.05, 0.1) is 11.3 Å². The number of benzene rings is 2. The molecule has 3 amide bonds. The standard InChI is InChI=1S/C22H18FN3O3S/c23-16-6-7-18-17(12-16)15(13-25-18)11-20(27)24-8-9-26-21(28)19(30-22(26)29)10-14-4-2-1-3-5-14/h1-7,10,12-13,25H,8-9,11H2,(H,24,27)/b19-10+. The molecule has 152 valence electrons. The summed E-state index contributed by atoms with van der Waals surface area (Å²) in [4.78, 5) is 41.4. The average Bonchev–Trinajstić information content (AvgIpc) is 3.24. The summed E-state index contributed by atoms with van der Waals surface area (Å²) in [7, 11) is 0. The highest BCUT2D eigenvalue weighted by molar-refractivity contribution is 8.18. The van der Waals surface area contributed by atoms with E-state index in [1.165, 1.54) is 12.1 Å². The van der Waals surface area contributed by atoms with Crippen LogP contribution in [0.2, 0.25) is 0 Å². The van der Waals surface area contributed by atoms with Gasteiger partial charge in [0.15, 0.2) is 0 Å². The molecule has 0 spiro atoms. The van der Waals surface area contributed by atoms with Crippen molar-refractivity contribution in [3.8, 4) is 0 Å². The molecule has 1 aliphatic rings. The largest absolute Gasteiger partial charge is 0.361 e. The van der Waals surface area contributed by atoms with Gasteiger partial charge < -0.3 is 10.3 Å². The Morgan fingerprint density at radius 3 is 2.77 bits per heavy atom. The van der Waals surface area contributed by atoms with Crippen LogP contribution in [0, 0.1) is 5.82 Å². The van der Waals surface area contributed by atoms with Crippen LogP contribution in [0.1, 0.15) is 11.1 Å². The predicted molar refractivity (Wildman–Crippen MR) is 114 cm³/mol. The molecule has 1 saturated heterocycles. The van der Waals surface area contributed by atoms with Crippen molar-refractivity contribution in [1.29, 1.82) is 0 Å². The smallest absolute Gasteiger partial charge is 0.293 e. The molecular weight excluding hydrogens is 405 g/mol.